The molecule has 3 aromatic rings. The van der Waals surface area contributed by atoms with Crippen LogP contribution in [-0.2, 0) is 29.2 Å². The first-order valence-corrected chi connectivity index (χ1v) is 21.9. The summed E-state index contributed by atoms with van der Waals surface area (Å²) in [5.41, 5.74) is 2.20. The lowest BCUT2D eigenvalue weighted by Gasteiger charge is -2.31. The quantitative estimate of drug-likeness (QED) is 0.274. The molecule has 14 heteroatoms. The molecule has 0 unspecified atom stereocenters. The van der Waals surface area contributed by atoms with Crippen LogP contribution in [0.3, 0.4) is 0 Å². The molecule has 1 aromatic heterocycles. The van der Waals surface area contributed by atoms with Gasteiger partial charge in [0.25, 0.3) is 5.91 Å². The van der Waals surface area contributed by atoms with E-state index in [0.29, 0.717) is 55.1 Å². The van der Waals surface area contributed by atoms with Gasteiger partial charge in [0, 0.05) is 54.9 Å². The Kier molecular flexibility index (Phi) is 12.8. The summed E-state index contributed by atoms with van der Waals surface area (Å²) >= 11 is 0. The van der Waals surface area contributed by atoms with Crippen LogP contribution in [-0.4, -0.2) is 97.0 Å². The van der Waals surface area contributed by atoms with Crippen molar-refractivity contribution in [2.24, 2.45) is 5.92 Å². The Labute approximate surface area is 334 Å². The second-order valence-electron chi connectivity index (χ2n) is 15.7. The van der Waals surface area contributed by atoms with Crippen LogP contribution < -0.4 is 19.5 Å². The van der Waals surface area contributed by atoms with Crippen molar-refractivity contribution >= 4 is 44.6 Å². The number of nitrogens with one attached hydrogen (secondary N) is 2. The third-order valence-corrected chi connectivity index (χ3v) is 13.3. The van der Waals surface area contributed by atoms with Gasteiger partial charge in [-0.05, 0) is 69.9 Å². The van der Waals surface area contributed by atoms with Crippen LogP contribution in [0.2, 0.25) is 0 Å². The van der Waals surface area contributed by atoms with Gasteiger partial charge in [0.05, 0.1) is 30.1 Å². The van der Waals surface area contributed by atoms with Gasteiger partial charge < -0.3 is 24.6 Å². The van der Waals surface area contributed by atoms with Gasteiger partial charge in [-0.25, -0.2) is 13.4 Å². The largest absolute Gasteiger partial charge is 0.497 e. The molecule has 3 aliphatic heterocycles. The van der Waals surface area contributed by atoms with E-state index in [-0.39, 0.29) is 37.6 Å². The predicted octanol–water partition coefficient (Wildman–Crippen LogP) is 5.28. The minimum absolute atomic E-state index is 0.0520. The third kappa shape index (κ3) is 9.95. The van der Waals surface area contributed by atoms with Crippen LogP contribution in [0, 0.1) is 5.92 Å². The van der Waals surface area contributed by atoms with E-state index in [9.17, 15) is 27.6 Å². The molecule has 0 spiro atoms. The molecule has 1 saturated carbocycles. The van der Waals surface area contributed by atoms with Gasteiger partial charge in [-0.2, -0.15) is 0 Å². The van der Waals surface area contributed by atoms with Gasteiger partial charge in [-0.3, -0.25) is 23.9 Å². The summed E-state index contributed by atoms with van der Waals surface area (Å²) in [6, 6.07) is 14.8. The van der Waals surface area contributed by atoms with Crippen molar-refractivity contribution in [3.8, 4) is 22.8 Å². The second-order valence-corrected chi connectivity index (χ2v) is 17.7. The topological polar surface area (TPSA) is 164 Å². The Morgan fingerprint density at radius 1 is 0.930 bits per heavy atom. The number of aromatic nitrogens is 1. The molecule has 4 aliphatic rings. The first-order valence-electron chi connectivity index (χ1n) is 20.4. The number of methoxy groups -OCH3 is 1. The Bertz CT molecular complexity index is 2080. The van der Waals surface area contributed by atoms with Crippen LogP contribution in [0.5, 0.6) is 11.5 Å². The van der Waals surface area contributed by atoms with Gasteiger partial charge in [0.2, 0.25) is 27.7 Å². The molecule has 2 N–H and O–H groups in total. The fourth-order valence-electron chi connectivity index (χ4n) is 8.09. The van der Waals surface area contributed by atoms with Crippen LogP contribution in [0.1, 0.15) is 83.5 Å². The highest BCUT2D eigenvalue weighted by atomic mass is 32.2. The molecule has 3 fully saturated rings. The number of nitrogens with zero attached hydrogens (tertiary/aromatic N) is 3. The van der Waals surface area contributed by atoms with Crippen molar-refractivity contribution in [3.63, 3.8) is 0 Å². The molecule has 0 radical (unpaired) electrons. The summed E-state index contributed by atoms with van der Waals surface area (Å²) < 4.78 is 40.0. The number of hydrogen-bond donors (Lipinski definition) is 2. The van der Waals surface area contributed by atoms with Gasteiger partial charge in [-0.15, -0.1) is 0 Å². The molecule has 7 rings (SSSR count). The lowest BCUT2D eigenvalue weighted by atomic mass is 9.94. The van der Waals surface area contributed by atoms with E-state index < -0.39 is 51.2 Å². The monoisotopic (exact) mass is 799 g/mol. The minimum Gasteiger partial charge on any atom is -0.497 e. The molecular weight excluding hydrogens is 747 g/mol. The number of rotatable bonds is 9. The van der Waals surface area contributed by atoms with Crippen molar-refractivity contribution in [2.45, 2.75) is 107 Å². The van der Waals surface area contributed by atoms with Crippen molar-refractivity contribution in [2.75, 3.05) is 26.7 Å². The van der Waals surface area contributed by atoms with E-state index in [1.54, 1.807) is 13.2 Å². The highest BCUT2D eigenvalue weighted by molar-refractivity contribution is 7.90. The maximum atomic E-state index is 14.8. The fraction of sp³-hybridized carbons (Fsp3) is 0.512. The van der Waals surface area contributed by atoms with E-state index in [4.69, 9.17) is 14.5 Å². The minimum atomic E-state index is -3.87. The molecule has 4 amide bonds. The van der Waals surface area contributed by atoms with E-state index in [2.05, 4.69) is 10.0 Å². The Balaban J connectivity index is 1.20. The maximum absolute atomic E-state index is 14.8. The van der Waals surface area contributed by atoms with E-state index in [0.717, 1.165) is 55.9 Å². The number of carbonyl (C=O) groups is 4. The number of piperidine rings is 1. The van der Waals surface area contributed by atoms with Crippen molar-refractivity contribution < 1.29 is 37.1 Å². The normalized spacial score (nSPS) is 24.4. The average molecular weight is 800 g/mol. The lowest BCUT2D eigenvalue weighted by Crippen LogP contribution is -2.54. The van der Waals surface area contributed by atoms with E-state index >= 15 is 0 Å². The van der Waals surface area contributed by atoms with Crippen LogP contribution in [0.25, 0.3) is 22.2 Å². The molecular formula is C43H53N5O8S. The molecule has 13 nitrogen and oxygen atoms in total. The summed E-state index contributed by atoms with van der Waals surface area (Å²) in [4.78, 5) is 64.5. The summed E-state index contributed by atoms with van der Waals surface area (Å²) in [5.74, 6) is -1.25. The third-order valence-electron chi connectivity index (χ3n) is 11.5. The number of sulfonamides is 1. The number of amides is 4. The van der Waals surface area contributed by atoms with Crippen molar-refractivity contribution in [1.82, 2.24) is 24.8 Å². The number of hydrogen-bond acceptors (Lipinski definition) is 9. The zero-order valence-corrected chi connectivity index (χ0v) is 33.4. The maximum Gasteiger partial charge on any atom is 0.256 e. The summed E-state index contributed by atoms with van der Waals surface area (Å²) in [5, 5.41) is 2.92. The van der Waals surface area contributed by atoms with Crippen molar-refractivity contribution in [1.29, 1.82) is 0 Å². The molecule has 4 atom stereocenters. The first kappa shape index (κ1) is 40.2. The lowest BCUT2D eigenvalue weighted by molar-refractivity contribution is -0.145. The Hall–Kier alpha value is -4.98. The highest BCUT2D eigenvalue weighted by Crippen LogP contribution is 2.35. The number of fused-ring (bicyclic) bond motifs is 2. The summed E-state index contributed by atoms with van der Waals surface area (Å²) in [6.45, 7) is 1.42. The number of ether oxygens (including phenoxy) is 2. The molecule has 57 heavy (non-hydrogen) atoms. The Morgan fingerprint density at radius 2 is 1.70 bits per heavy atom. The highest BCUT2D eigenvalue weighted by Gasteiger charge is 2.45. The summed E-state index contributed by atoms with van der Waals surface area (Å²) in [7, 11) is -2.28. The smallest absolute Gasteiger partial charge is 0.256 e. The van der Waals surface area contributed by atoms with E-state index in [1.807, 2.05) is 65.6 Å². The first-order chi connectivity index (χ1) is 27.6. The number of carbonyl (C=O) groups excluding carboxylic acids is 4. The van der Waals surface area contributed by atoms with Crippen LogP contribution in [0.4, 0.5) is 0 Å². The zero-order chi connectivity index (χ0) is 39.9. The van der Waals surface area contributed by atoms with Crippen LogP contribution in [0.15, 0.2) is 66.7 Å². The van der Waals surface area contributed by atoms with E-state index in [1.165, 1.54) is 4.90 Å². The molecule has 1 aliphatic carbocycles. The molecule has 4 heterocycles. The Morgan fingerprint density at radius 3 is 2.46 bits per heavy atom. The number of likely N-dealkylation sites (tertiary alicyclic amines) is 1. The molecule has 304 valence electrons. The SMILES string of the molecule is COc1ccc2c(O[C@@H]3C[C@H]4C(=O)N[C@H](C(=O)NS(=O)(=O)C5CC5)C/C=C\CCCCC[C@@H](CC(=O)N5CCCCC5)C(=O)N4C3)cc(-c3ccccc3)nc2c1. The van der Waals surface area contributed by atoms with Gasteiger partial charge in [0.15, 0.2) is 0 Å². The second kappa shape index (κ2) is 18.1. The van der Waals surface area contributed by atoms with Crippen molar-refractivity contribution in [3.05, 3.63) is 66.7 Å². The van der Waals surface area contributed by atoms with Crippen LogP contribution >= 0.6 is 0 Å². The zero-order valence-electron chi connectivity index (χ0n) is 32.6. The standard InChI is InChI=1S/C43H53N5O8S/c1-55-31-18-21-34-37(25-31)44-36(29-14-9-6-10-15-29)27-39(34)56-32-26-38-42(51)45-35(41(50)46-57(53,54)33-19-20-33)17-11-5-3-2-4-8-16-30(43(52)48(38)28-32)24-40(49)47-22-12-7-13-23-47/h5-6,9-11,14-15,18,21,25,27,30,32-33,35,38H,2-4,7-8,12-13,16-17,19-20,22-24,26,28H2,1H3,(H,45,51)(H,46,50)/b11-5-/t30-,32+,35-,38-/m0/s1. The van der Waals surface area contributed by atoms with Gasteiger partial charge in [0.1, 0.15) is 29.7 Å². The molecule has 2 aromatic carbocycles. The molecule has 0 bridgehead atoms. The number of pyridine rings is 1. The number of allylic oxidation sites excluding steroid dienone is 1. The predicted molar refractivity (Wildman–Crippen MR) is 216 cm³/mol. The molecule has 2 saturated heterocycles. The fourth-order valence-corrected chi connectivity index (χ4v) is 9.44. The average Bonchev–Trinajstić information content (AvgIpc) is 4.01. The summed E-state index contributed by atoms with van der Waals surface area (Å²) in [6.07, 6.45) is 10.9. The van der Waals surface area contributed by atoms with Gasteiger partial charge in [-0.1, -0.05) is 55.3 Å². The number of benzene rings is 2. The van der Waals surface area contributed by atoms with Gasteiger partial charge >= 0.3 is 0 Å².